The molecular formula is C19H26ClN3O3. The highest BCUT2D eigenvalue weighted by molar-refractivity contribution is 6.31. The predicted molar refractivity (Wildman–Crippen MR) is 105 cm³/mol. The van der Waals surface area contributed by atoms with Crippen LogP contribution < -0.4 is 4.90 Å². The highest BCUT2D eigenvalue weighted by Crippen LogP contribution is 2.28. The molecular weight excluding hydrogens is 354 g/mol. The van der Waals surface area contributed by atoms with E-state index >= 15 is 0 Å². The maximum Gasteiger partial charge on any atom is 0.326 e. The molecule has 0 radical (unpaired) electrons. The van der Waals surface area contributed by atoms with E-state index in [2.05, 4.69) is 9.88 Å². The number of nitrogens with zero attached hydrogens (tertiary/aromatic N) is 3. The molecule has 26 heavy (non-hydrogen) atoms. The fraction of sp³-hybridized carbons (Fsp3) is 0.474. The zero-order valence-corrected chi connectivity index (χ0v) is 16.0. The molecule has 1 heterocycles. The molecule has 1 aromatic carbocycles. The quantitative estimate of drug-likeness (QED) is 0.661. The summed E-state index contributed by atoms with van der Waals surface area (Å²) in [7, 11) is 1.80. The Morgan fingerprint density at radius 2 is 2.08 bits per heavy atom. The molecule has 1 atom stereocenters. The summed E-state index contributed by atoms with van der Waals surface area (Å²) in [5, 5.41) is 20.3. The standard InChI is InChI=1S/C19H26ClN3O3/c1-3-23(11-12-24)10-4-5-18(19(25)26)22(2)17-8-9-21-16-13-14(20)6-7-15(16)17/h6-9,13,18,24H,3-5,10-12H2,1-2H3,(H,25,26). The number of hydrogen-bond donors (Lipinski definition) is 2. The molecule has 0 bridgehead atoms. The fourth-order valence-corrected chi connectivity index (χ4v) is 3.31. The van der Waals surface area contributed by atoms with Crippen LogP contribution in [0.15, 0.2) is 30.5 Å². The van der Waals surface area contributed by atoms with Crippen molar-refractivity contribution in [3.8, 4) is 0 Å². The van der Waals surface area contributed by atoms with Gasteiger partial charge in [0.2, 0.25) is 0 Å². The van der Waals surface area contributed by atoms with Gasteiger partial charge in [-0.25, -0.2) is 4.79 Å². The van der Waals surface area contributed by atoms with Gasteiger partial charge in [-0.1, -0.05) is 18.5 Å². The lowest BCUT2D eigenvalue weighted by Gasteiger charge is -2.28. The Morgan fingerprint density at radius 1 is 1.31 bits per heavy atom. The zero-order chi connectivity index (χ0) is 19.1. The molecule has 142 valence electrons. The van der Waals surface area contributed by atoms with Gasteiger partial charge in [0.1, 0.15) is 6.04 Å². The van der Waals surface area contributed by atoms with Gasteiger partial charge in [0.25, 0.3) is 0 Å². The van der Waals surface area contributed by atoms with E-state index in [1.54, 1.807) is 30.3 Å². The van der Waals surface area contributed by atoms with Gasteiger partial charge in [0.15, 0.2) is 0 Å². The number of rotatable bonds is 10. The van der Waals surface area contributed by atoms with Gasteiger partial charge < -0.3 is 20.0 Å². The first kappa shape index (κ1) is 20.4. The van der Waals surface area contributed by atoms with E-state index in [0.29, 0.717) is 18.0 Å². The van der Waals surface area contributed by atoms with Crippen LogP contribution in [-0.4, -0.2) is 65.4 Å². The van der Waals surface area contributed by atoms with Gasteiger partial charge in [0.05, 0.1) is 12.1 Å². The molecule has 1 unspecified atom stereocenters. The molecule has 6 nitrogen and oxygen atoms in total. The third-order valence-corrected chi connectivity index (χ3v) is 4.86. The van der Waals surface area contributed by atoms with Crippen LogP contribution in [0.2, 0.25) is 5.02 Å². The molecule has 0 aliphatic rings. The SMILES string of the molecule is CCN(CCO)CCCC(C(=O)O)N(C)c1ccnc2cc(Cl)ccc12. The predicted octanol–water partition coefficient (Wildman–Crippen LogP) is 2.87. The number of likely N-dealkylation sites (N-methyl/N-ethyl adjacent to an activating group) is 2. The number of aromatic nitrogens is 1. The molecule has 7 heteroatoms. The van der Waals surface area contributed by atoms with Crippen LogP contribution in [0.4, 0.5) is 5.69 Å². The maximum absolute atomic E-state index is 11.8. The summed E-state index contributed by atoms with van der Waals surface area (Å²) in [6, 6.07) is 6.63. The van der Waals surface area contributed by atoms with Crippen LogP contribution in [0.3, 0.4) is 0 Å². The van der Waals surface area contributed by atoms with E-state index < -0.39 is 12.0 Å². The van der Waals surface area contributed by atoms with Crippen molar-refractivity contribution in [2.24, 2.45) is 0 Å². The van der Waals surface area contributed by atoms with Gasteiger partial charge >= 0.3 is 5.97 Å². The second-order valence-electron chi connectivity index (χ2n) is 6.26. The van der Waals surface area contributed by atoms with Crippen LogP contribution in [0.5, 0.6) is 0 Å². The molecule has 0 saturated carbocycles. The van der Waals surface area contributed by atoms with Crippen molar-refractivity contribution in [2.45, 2.75) is 25.8 Å². The molecule has 2 N–H and O–H groups in total. The van der Waals surface area contributed by atoms with Gasteiger partial charge in [-0.2, -0.15) is 0 Å². The third-order valence-electron chi connectivity index (χ3n) is 4.63. The Bertz CT molecular complexity index is 741. The van der Waals surface area contributed by atoms with Crippen LogP contribution in [0, 0.1) is 0 Å². The van der Waals surface area contributed by atoms with Crippen LogP contribution in [-0.2, 0) is 4.79 Å². The smallest absolute Gasteiger partial charge is 0.326 e. The number of carboxylic acid groups (broad SMARTS) is 1. The monoisotopic (exact) mass is 379 g/mol. The van der Waals surface area contributed by atoms with Crippen molar-refractivity contribution in [3.05, 3.63) is 35.5 Å². The number of benzene rings is 1. The minimum Gasteiger partial charge on any atom is -0.480 e. The average molecular weight is 380 g/mol. The molecule has 2 aromatic rings. The molecule has 1 aromatic heterocycles. The number of halogens is 1. The van der Waals surface area contributed by atoms with E-state index in [-0.39, 0.29) is 6.61 Å². The summed E-state index contributed by atoms with van der Waals surface area (Å²) in [4.78, 5) is 20.1. The summed E-state index contributed by atoms with van der Waals surface area (Å²) >= 11 is 6.03. The summed E-state index contributed by atoms with van der Waals surface area (Å²) in [6.07, 6.45) is 2.93. The number of hydrogen-bond acceptors (Lipinski definition) is 5. The van der Waals surface area contributed by atoms with E-state index in [0.717, 1.165) is 36.1 Å². The lowest BCUT2D eigenvalue weighted by Crippen LogP contribution is -2.39. The Labute approximate surface area is 159 Å². The van der Waals surface area contributed by atoms with Crippen molar-refractivity contribution >= 4 is 34.2 Å². The van der Waals surface area contributed by atoms with Crippen LogP contribution in [0.1, 0.15) is 19.8 Å². The first-order valence-corrected chi connectivity index (χ1v) is 9.18. The number of anilines is 1. The minimum atomic E-state index is -0.850. The molecule has 0 aliphatic heterocycles. The molecule has 0 fully saturated rings. The Hall–Kier alpha value is -1.89. The number of carboxylic acids is 1. The topological polar surface area (TPSA) is 76.9 Å². The first-order valence-electron chi connectivity index (χ1n) is 8.81. The lowest BCUT2D eigenvalue weighted by molar-refractivity contribution is -0.138. The number of fused-ring (bicyclic) bond motifs is 1. The largest absolute Gasteiger partial charge is 0.480 e. The highest BCUT2D eigenvalue weighted by Gasteiger charge is 2.24. The number of aliphatic carboxylic acids is 1. The maximum atomic E-state index is 11.8. The summed E-state index contributed by atoms with van der Waals surface area (Å²) in [6.45, 7) is 4.36. The highest BCUT2D eigenvalue weighted by atomic mass is 35.5. The van der Waals surface area contributed by atoms with Crippen molar-refractivity contribution in [1.82, 2.24) is 9.88 Å². The summed E-state index contributed by atoms with van der Waals surface area (Å²) < 4.78 is 0. The van der Waals surface area contributed by atoms with E-state index in [1.807, 2.05) is 19.1 Å². The minimum absolute atomic E-state index is 0.113. The zero-order valence-electron chi connectivity index (χ0n) is 15.2. The fourth-order valence-electron chi connectivity index (χ4n) is 3.14. The molecule has 0 aliphatic carbocycles. The first-order chi connectivity index (χ1) is 12.5. The number of pyridine rings is 1. The van der Waals surface area contributed by atoms with Crippen molar-refractivity contribution in [1.29, 1.82) is 0 Å². The van der Waals surface area contributed by atoms with Crippen molar-refractivity contribution in [2.75, 3.05) is 38.2 Å². The Balaban J connectivity index is 2.16. The lowest BCUT2D eigenvalue weighted by atomic mass is 10.1. The van der Waals surface area contributed by atoms with E-state index in [4.69, 9.17) is 16.7 Å². The van der Waals surface area contributed by atoms with Crippen molar-refractivity contribution < 1.29 is 15.0 Å². The average Bonchev–Trinajstić information content (AvgIpc) is 2.62. The molecule has 0 amide bonds. The number of aliphatic hydroxyl groups excluding tert-OH is 1. The molecule has 0 saturated heterocycles. The molecule has 0 spiro atoms. The number of carbonyl (C=O) groups is 1. The second-order valence-corrected chi connectivity index (χ2v) is 6.69. The van der Waals surface area contributed by atoms with E-state index in [1.165, 1.54) is 0 Å². The third kappa shape index (κ3) is 5.06. The van der Waals surface area contributed by atoms with Crippen LogP contribution in [0.25, 0.3) is 10.9 Å². The van der Waals surface area contributed by atoms with Gasteiger partial charge in [-0.05, 0) is 50.2 Å². The molecule has 2 rings (SSSR count). The Kier molecular flexibility index (Phi) is 7.63. The summed E-state index contributed by atoms with van der Waals surface area (Å²) in [5.41, 5.74) is 1.56. The van der Waals surface area contributed by atoms with Crippen molar-refractivity contribution in [3.63, 3.8) is 0 Å². The van der Waals surface area contributed by atoms with Gasteiger partial charge in [-0.15, -0.1) is 0 Å². The van der Waals surface area contributed by atoms with Crippen LogP contribution >= 0.6 is 11.6 Å². The second kappa shape index (κ2) is 9.71. The normalized spacial score (nSPS) is 12.5. The Morgan fingerprint density at radius 3 is 2.73 bits per heavy atom. The van der Waals surface area contributed by atoms with Gasteiger partial charge in [0, 0.05) is 35.9 Å². The summed E-state index contributed by atoms with van der Waals surface area (Å²) in [5.74, 6) is -0.850. The van der Waals surface area contributed by atoms with E-state index in [9.17, 15) is 9.90 Å². The van der Waals surface area contributed by atoms with Gasteiger partial charge in [-0.3, -0.25) is 4.98 Å². The number of aliphatic hydroxyl groups is 1.